The summed E-state index contributed by atoms with van der Waals surface area (Å²) in [5, 5.41) is 0. The average molecular weight is 437 g/mol. The number of hydrogen-bond acceptors (Lipinski definition) is 5. The molecule has 0 bridgehead atoms. The van der Waals surface area contributed by atoms with Gasteiger partial charge in [-0.25, -0.2) is 0 Å². The maximum Gasteiger partial charge on any atom is 0.258 e. The SMILES string of the molecule is C#CCN(Cc1ccco1)C(=O)c1cc(OC)ccc1OC1CCN(C(=O)C2CC2)CC1. The molecule has 1 aliphatic carbocycles. The molecule has 168 valence electrons. The van der Waals surface area contributed by atoms with Crippen LogP contribution >= 0.6 is 0 Å². The minimum atomic E-state index is -0.255. The monoisotopic (exact) mass is 436 g/mol. The zero-order valence-electron chi connectivity index (χ0n) is 18.3. The van der Waals surface area contributed by atoms with Crippen LogP contribution in [0.3, 0.4) is 0 Å². The van der Waals surface area contributed by atoms with Crippen molar-refractivity contribution >= 4 is 11.8 Å². The summed E-state index contributed by atoms with van der Waals surface area (Å²) >= 11 is 0. The molecule has 0 radical (unpaired) electrons. The van der Waals surface area contributed by atoms with Gasteiger partial charge in [0.05, 0.1) is 32.0 Å². The first-order valence-electron chi connectivity index (χ1n) is 11.0. The normalized spacial score (nSPS) is 16.3. The van der Waals surface area contributed by atoms with Crippen LogP contribution in [0.5, 0.6) is 11.5 Å². The van der Waals surface area contributed by atoms with Gasteiger partial charge in [0.15, 0.2) is 0 Å². The van der Waals surface area contributed by atoms with Gasteiger partial charge in [0.25, 0.3) is 5.91 Å². The predicted molar refractivity (Wildman–Crippen MR) is 118 cm³/mol. The van der Waals surface area contributed by atoms with Gasteiger partial charge in [-0.1, -0.05) is 5.92 Å². The molecule has 1 saturated heterocycles. The molecule has 4 rings (SSSR count). The number of carbonyl (C=O) groups excluding carboxylic acids is 2. The Morgan fingerprint density at radius 3 is 2.62 bits per heavy atom. The Balaban J connectivity index is 1.48. The molecular formula is C25H28N2O5. The van der Waals surface area contributed by atoms with E-state index in [0.29, 0.717) is 35.9 Å². The second kappa shape index (κ2) is 9.82. The molecule has 1 aliphatic heterocycles. The maximum atomic E-state index is 13.4. The number of likely N-dealkylation sites (tertiary alicyclic amines) is 1. The second-order valence-electron chi connectivity index (χ2n) is 8.22. The number of rotatable bonds is 8. The van der Waals surface area contributed by atoms with Crippen LogP contribution in [-0.2, 0) is 11.3 Å². The van der Waals surface area contributed by atoms with Crippen LogP contribution < -0.4 is 9.47 Å². The first-order chi connectivity index (χ1) is 15.6. The van der Waals surface area contributed by atoms with E-state index < -0.39 is 0 Å². The number of amides is 2. The summed E-state index contributed by atoms with van der Waals surface area (Å²) in [7, 11) is 1.55. The average Bonchev–Trinajstić information content (AvgIpc) is 3.55. The van der Waals surface area contributed by atoms with E-state index in [1.165, 1.54) is 4.90 Å². The third-order valence-electron chi connectivity index (χ3n) is 5.89. The lowest BCUT2D eigenvalue weighted by atomic mass is 10.1. The van der Waals surface area contributed by atoms with Crippen LogP contribution in [0.25, 0.3) is 0 Å². The molecule has 0 atom stereocenters. The van der Waals surface area contributed by atoms with Gasteiger partial charge in [0, 0.05) is 31.8 Å². The van der Waals surface area contributed by atoms with Crippen molar-refractivity contribution in [2.75, 3.05) is 26.7 Å². The Kier molecular flexibility index (Phi) is 6.69. The van der Waals surface area contributed by atoms with E-state index in [9.17, 15) is 9.59 Å². The Bertz CT molecular complexity index is 982. The lowest BCUT2D eigenvalue weighted by Crippen LogP contribution is -2.42. The van der Waals surface area contributed by atoms with Crippen molar-refractivity contribution in [2.45, 2.75) is 38.3 Å². The highest BCUT2D eigenvalue weighted by atomic mass is 16.5. The highest BCUT2D eigenvalue weighted by molar-refractivity contribution is 5.97. The minimum Gasteiger partial charge on any atom is -0.497 e. The molecule has 2 heterocycles. The van der Waals surface area contributed by atoms with E-state index in [0.717, 1.165) is 25.7 Å². The molecule has 7 heteroatoms. The van der Waals surface area contributed by atoms with Crippen LogP contribution in [0.1, 0.15) is 41.8 Å². The second-order valence-corrected chi connectivity index (χ2v) is 8.22. The first kappa shape index (κ1) is 21.8. The highest BCUT2D eigenvalue weighted by Gasteiger charge is 2.35. The summed E-state index contributed by atoms with van der Waals surface area (Å²) in [5.41, 5.74) is 0.391. The number of hydrogen-bond donors (Lipinski definition) is 0. The van der Waals surface area contributed by atoms with Crippen molar-refractivity contribution in [3.05, 3.63) is 47.9 Å². The van der Waals surface area contributed by atoms with Crippen molar-refractivity contribution in [1.82, 2.24) is 9.80 Å². The Labute approximate surface area is 188 Å². The summed E-state index contributed by atoms with van der Waals surface area (Å²) < 4.78 is 17.0. The van der Waals surface area contributed by atoms with Gasteiger partial charge in [-0.2, -0.15) is 0 Å². The molecule has 0 unspecified atom stereocenters. The quantitative estimate of drug-likeness (QED) is 0.594. The fourth-order valence-corrected chi connectivity index (χ4v) is 3.94. The molecule has 0 spiro atoms. The summed E-state index contributed by atoms with van der Waals surface area (Å²) in [4.78, 5) is 29.2. The minimum absolute atomic E-state index is 0.0654. The van der Waals surface area contributed by atoms with E-state index >= 15 is 0 Å². The van der Waals surface area contributed by atoms with E-state index in [2.05, 4.69) is 5.92 Å². The zero-order chi connectivity index (χ0) is 22.5. The number of furan rings is 1. The Morgan fingerprint density at radius 1 is 1.22 bits per heavy atom. The fraction of sp³-hybridized carbons (Fsp3) is 0.440. The van der Waals surface area contributed by atoms with Gasteiger partial charge >= 0.3 is 0 Å². The molecule has 2 aliphatic rings. The molecule has 7 nitrogen and oxygen atoms in total. The maximum absolute atomic E-state index is 13.4. The van der Waals surface area contributed by atoms with Crippen molar-refractivity contribution in [3.8, 4) is 23.8 Å². The van der Waals surface area contributed by atoms with Gasteiger partial charge < -0.3 is 23.7 Å². The molecule has 1 saturated carbocycles. The lowest BCUT2D eigenvalue weighted by Gasteiger charge is -2.33. The predicted octanol–water partition coefficient (Wildman–Crippen LogP) is 3.34. The molecule has 2 fully saturated rings. The fourth-order valence-electron chi connectivity index (χ4n) is 3.94. The molecule has 1 aromatic carbocycles. The lowest BCUT2D eigenvalue weighted by molar-refractivity contribution is -0.134. The van der Waals surface area contributed by atoms with Gasteiger partial charge in [-0.15, -0.1) is 6.42 Å². The third-order valence-corrected chi connectivity index (χ3v) is 5.89. The van der Waals surface area contributed by atoms with Gasteiger partial charge in [0.1, 0.15) is 23.4 Å². The summed E-state index contributed by atoms with van der Waals surface area (Å²) in [5.74, 6) is 4.48. The van der Waals surface area contributed by atoms with Crippen LogP contribution in [0, 0.1) is 18.3 Å². The van der Waals surface area contributed by atoms with Gasteiger partial charge in [-0.3, -0.25) is 9.59 Å². The number of piperidine rings is 1. The topological polar surface area (TPSA) is 72.2 Å². The van der Waals surface area contributed by atoms with Crippen molar-refractivity contribution < 1.29 is 23.5 Å². The van der Waals surface area contributed by atoms with E-state index in [4.69, 9.17) is 20.3 Å². The largest absolute Gasteiger partial charge is 0.497 e. The Hall–Kier alpha value is -3.40. The van der Waals surface area contributed by atoms with Crippen LogP contribution in [0.4, 0.5) is 0 Å². The number of terminal acetylenes is 1. The molecule has 2 amide bonds. The molecule has 0 N–H and O–H groups in total. The number of methoxy groups -OCH3 is 1. The smallest absolute Gasteiger partial charge is 0.258 e. The van der Waals surface area contributed by atoms with Gasteiger partial charge in [0.2, 0.25) is 5.91 Å². The van der Waals surface area contributed by atoms with Gasteiger partial charge in [-0.05, 0) is 43.2 Å². The molecule has 32 heavy (non-hydrogen) atoms. The third kappa shape index (κ3) is 5.08. The number of ether oxygens (including phenoxy) is 2. The molecule has 1 aromatic heterocycles. The van der Waals surface area contributed by atoms with Crippen molar-refractivity contribution in [1.29, 1.82) is 0 Å². The molecule has 2 aromatic rings. The number of nitrogens with zero attached hydrogens (tertiary/aromatic N) is 2. The number of carbonyl (C=O) groups is 2. The summed E-state index contributed by atoms with van der Waals surface area (Å²) in [6.07, 6.45) is 10.5. The van der Waals surface area contributed by atoms with E-state index in [1.54, 1.807) is 43.7 Å². The summed E-state index contributed by atoms with van der Waals surface area (Å²) in [6.45, 7) is 1.76. The van der Waals surface area contributed by atoms with Crippen LogP contribution in [-0.4, -0.2) is 54.5 Å². The van der Waals surface area contributed by atoms with E-state index in [1.807, 2.05) is 4.90 Å². The number of benzene rings is 1. The Morgan fingerprint density at radius 2 is 2.00 bits per heavy atom. The highest BCUT2D eigenvalue weighted by Crippen LogP contribution is 2.33. The zero-order valence-corrected chi connectivity index (χ0v) is 18.3. The van der Waals surface area contributed by atoms with Crippen molar-refractivity contribution in [3.63, 3.8) is 0 Å². The standard InChI is InChI=1S/C25H28N2O5/c1-3-12-27(17-21-5-4-15-31-21)25(29)22-16-20(30-2)8-9-23(22)32-19-10-13-26(14-11-19)24(28)18-6-7-18/h1,4-5,8-9,15-16,18-19H,6-7,10-14,17H2,2H3. The van der Waals surface area contributed by atoms with Crippen LogP contribution in [0.2, 0.25) is 0 Å². The van der Waals surface area contributed by atoms with E-state index in [-0.39, 0.29) is 36.9 Å². The molecular weight excluding hydrogens is 408 g/mol. The van der Waals surface area contributed by atoms with Crippen molar-refractivity contribution in [2.24, 2.45) is 5.92 Å². The van der Waals surface area contributed by atoms with Crippen LogP contribution in [0.15, 0.2) is 41.0 Å². The summed E-state index contributed by atoms with van der Waals surface area (Å²) in [6, 6.07) is 8.78. The first-order valence-corrected chi connectivity index (χ1v) is 11.0.